The highest BCUT2D eigenvalue weighted by molar-refractivity contribution is 7.15. The van der Waals surface area contributed by atoms with E-state index in [1.165, 1.54) is 30.3 Å². The van der Waals surface area contributed by atoms with Crippen LogP contribution in [-0.4, -0.2) is 19.5 Å². The Hall–Kier alpha value is -3.46. The van der Waals surface area contributed by atoms with Crippen LogP contribution >= 0.6 is 11.3 Å². The molecule has 2 aromatic heterocycles. The largest absolute Gasteiger partial charge is 0.291 e. The third-order valence-corrected chi connectivity index (χ3v) is 4.65. The lowest BCUT2D eigenvalue weighted by Crippen LogP contribution is -2.23. The van der Waals surface area contributed by atoms with Crippen molar-refractivity contribution in [3.8, 4) is 11.4 Å². The Balaban J connectivity index is 1.82. The topological polar surface area (TPSA) is 90.4 Å². The fraction of sp³-hybridized carbons (Fsp3) is 0. The molecule has 128 valence electrons. The van der Waals surface area contributed by atoms with Crippen molar-refractivity contribution in [1.29, 1.82) is 0 Å². The number of hydrogen-bond acceptors (Lipinski definition) is 6. The molecule has 2 aromatic carbocycles. The molecule has 4 aromatic rings. The van der Waals surface area contributed by atoms with Crippen LogP contribution in [0.2, 0.25) is 0 Å². The van der Waals surface area contributed by atoms with Gasteiger partial charge in [0.2, 0.25) is 4.96 Å². The van der Waals surface area contributed by atoms with Gasteiger partial charge in [0, 0.05) is 23.3 Å². The van der Waals surface area contributed by atoms with E-state index in [4.69, 9.17) is 0 Å². The van der Waals surface area contributed by atoms with Crippen LogP contribution in [-0.2, 0) is 0 Å². The van der Waals surface area contributed by atoms with Gasteiger partial charge in [-0.1, -0.05) is 41.7 Å². The van der Waals surface area contributed by atoms with Gasteiger partial charge in [-0.25, -0.2) is 4.39 Å². The number of hydrogen-bond donors (Lipinski definition) is 0. The van der Waals surface area contributed by atoms with Crippen molar-refractivity contribution in [2.45, 2.75) is 0 Å². The second-order valence-electron chi connectivity index (χ2n) is 5.37. The fourth-order valence-electron chi connectivity index (χ4n) is 2.45. The summed E-state index contributed by atoms with van der Waals surface area (Å²) in [5.74, 6) is -0.210. The number of fused-ring (bicyclic) bond motifs is 1. The number of thiazole rings is 1. The molecule has 2 heterocycles. The molecule has 26 heavy (non-hydrogen) atoms. The number of nitrogens with zero attached hydrogens (tertiary/aromatic N) is 4. The Morgan fingerprint density at radius 3 is 2.73 bits per heavy atom. The van der Waals surface area contributed by atoms with E-state index in [0.29, 0.717) is 20.6 Å². The number of nitro benzene ring substituents is 1. The first-order valence-corrected chi connectivity index (χ1v) is 8.25. The zero-order valence-corrected chi connectivity index (χ0v) is 13.8. The van der Waals surface area contributed by atoms with Crippen molar-refractivity contribution in [3.05, 3.63) is 84.9 Å². The van der Waals surface area contributed by atoms with Crippen LogP contribution in [0.1, 0.15) is 5.56 Å². The Labute approximate surface area is 148 Å². The van der Waals surface area contributed by atoms with Crippen LogP contribution in [0.4, 0.5) is 10.1 Å². The Bertz CT molecular complexity index is 1260. The van der Waals surface area contributed by atoms with E-state index in [9.17, 15) is 19.3 Å². The highest BCUT2D eigenvalue weighted by Crippen LogP contribution is 2.21. The van der Waals surface area contributed by atoms with Crippen molar-refractivity contribution in [1.82, 2.24) is 14.6 Å². The number of aromatic nitrogens is 3. The molecule has 0 aliphatic heterocycles. The standard InChI is InChI=1S/C17H9FN4O3S/c18-13-7-2-1-4-10(13)9-14-16(23)21-17(26-14)19-15(20-21)11-5-3-6-12(8-11)22(24)25/h1-9H. The summed E-state index contributed by atoms with van der Waals surface area (Å²) in [4.78, 5) is 27.4. The summed E-state index contributed by atoms with van der Waals surface area (Å²) in [7, 11) is 0. The van der Waals surface area contributed by atoms with Crippen LogP contribution in [0.25, 0.3) is 22.4 Å². The summed E-state index contributed by atoms with van der Waals surface area (Å²) in [5.41, 5.74) is 0.233. The molecule has 0 fully saturated rings. The lowest BCUT2D eigenvalue weighted by Gasteiger charge is -1.95. The van der Waals surface area contributed by atoms with Crippen LogP contribution in [0, 0.1) is 15.9 Å². The fourth-order valence-corrected chi connectivity index (χ4v) is 3.35. The Kier molecular flexibility index (Phi) is 3.77. The number of nitro groups is 1. The van der Waals surface area contributed by atoms with E-state index in [2.05, 4.69) is 10.1 Å². The first-order chi connectivity index (χ1) is 12.5. The molecule has 0 saturated heterocycles. The van der Waals surface area contributed by atoms with Crippen LogP contribution < -0.4 is 10.1 Å². The van der Waals surface area contributed by atoms with E-state index in [1.807, 2.05) is 0 Å². The first-order valence-electron chi connectivity index (χ1n) is 7.43. The molecule has 7 nitrogen and oxygen atoms in total. The second kappa shape index (κ2) is 6.12. The molecule has 9 heteroatoms. The Morgan fingerprint density at radius 2 is 2.00 bits per heavy atom. The van der Waals surface area contributed by atoms with Crippen LogP contribution in [0.5, 0.6) is 0 Å². The minimum atomic E-state index is -0.511. The monoisotopic (exact) mass is 368 g/mol. The highest BCUT2D eigenvalue weighted by Gasteiger charge is 2.14. The lowest BCUT2D eigenvalue weighted by atomic mass is 10.2. The van der Waals surface area contributed by atoms with Gasteiger partial charge in [-0.2, -0.15) is 9.50 Å². The predicted octanol–water partition coefficient (Wildman–Crippen LogP) is 2.41. The van der Waals surface area contributed by atoms with Gasteiger partial charge in [0.1, 0.15) is 5.82 Å². The van der Waals surface area contributed by atoms with E-state index in [1.54, 1.807) is 24.3 Å². The molecule has 0 spiro atoms. The molecular weight excluding hydrogens is 359 g/mol. The van der Waals surface area contributed by atoms with Crippen molar-refractivity contribution in [3.63, 3.8) is 0 Å². The number of halogens is 1. The summed E-state index contributed by atoms with van der Waals surface area (Å²) >= 11 is 1.07. The molecule has 0 aliphatic carbocycles. The van der Waals surface area contributed by atoms with Gasteiger partial charge >= 0.3 is 0 Å². The van der Waals surface area contributed by atoms with E-state index in [-0.39, 0.29) is 11.5 Å². The molecule has 0 aliphatic rings. The number of benzene rings is 2. The smallest absolute Gasteiger partial charge is 0.266 e. The summed E-state index contributed by atoms with van der Waals surface area (Å²) < 4.78 is 15.2. The summed E-state index contributed by atoms with van der Waals surface area (Å²) in [6, 6.07) is 12.0. The predicted molar refractivity (Wildman–Crippen MR) is 94.4 cm³/mol. The van der Waals surface area contributed by atoms with Crippen LogP contribution in [0.15, 0.2) is 53.3 Å². The first kappa shape index (κ1) is 16.0. The number of non-ortho nitro benzene ring substituents is 1. The quantitative estimate of drug-likeness (QED) is 0.409. The van der Waals surface area contributed by atoms with E-state index in [0.717, 1.165) is 15.9 Å². The third-order valence-electron chi connectivity index (χ3n) is 3.69. The zero-order chi connectivity index (χ0) is 18.3. The summed E-state index contributed by atoms with van der Waals surface area (Å²) in [5, 5.41) is 15.0. The normalized spacial score (nSPS) is 12.0. The molecule has 0 radical (unpaired) electrons. The minimum Gasteiger partial charge on any atom is -0.266 e. The van der Waals surface area contributed by atoms with Gasteiger partial charge in [0.25, 0.3) is 11.2 Å². The highest BCUT2D eigenvalue weighted by atomic mass is 32.1. The zero-order valence-electron chi connectivity index (χ0n) is 13.0. The van der Waals surface area contributed by atoms with Crippen molar-refractivity contribution >= 4 is 28.1 Å². The molecule has 0 amide bonds. The van der Waals surface area contributed by atoms with Gasteiger partial charge in [0.15, 0.2) is 5.82 Å². The van der Waals surface area contributed by atoms with Gasteiger partial charge in [-0.15, -0.1) is 5.10 Å². The Morgan fingerprint density at radius 1 is 1.19 bits per heavy atom. The van der Waals surface area contributed by atoms with Crippen molar-refractivity contribution in [2.24, 2.45) is 0 Å². The molecule has 0 unspecified atom stereocenters. The SMILES string of the molecule is O=c1c(=Cc2ccccc2F)sc2nc(-c3cccc([N+](=O)[O-])c3)nn12. The van der Waals surface area contributed by atoms with Crippen molar-refractivity contribution in [2.75, 3.05) is 0 Å². The second-order valence-corrected chi connectivity index (χ2v) is 6.38. The molecule has 0 bridgehead atoms. The maximum Gasteiger partial charge on any atom is 0.291 e. The summed E-state index contributed by atoms with van der Waals surface area (Å²) in [6.07, 6.45) is 1.45. The maximum atomic E-state index is 13.8. The minimum absolute atomic E-state index is 0.0865. The lowest BCUT2D eigenvalue weighted by molar-refractivity contribution is -0.384. The van der Waals surface area contributed by atoms with E-state index >= 15 is 0 Å². The van der Waals surface area contributed by atoms with Crippen LogP contribution in [0.3, 0.4) is 0 Å². The molecule has 0 atom stereocenters. The van der Waals surface area contributed by atoms with Gasteiger partial charge in [0.05, 0.1) is 9.46 Å². The molecular formula is C17H9FN4O3S. The molecule has 4 rings (SSSR count). The van der Waals surface area contributed by atoms with Gasteiger partial charge in [-0.05, 0) is 12.1 Å². The number of rotatable bonds is 3. The van der Waals surface area contributed by atoms with E-state index < -0.39 is 16.3 Å². The average molecular weight is 368 g/mol. The average Bonchev–Trinajstić information content (AvgIpc) is 3.17. The van der Waals surface area contributed by atoms with Crippen molar-refractivity contribution < 1.29 is 9.31 Å². The summed E-state index contributed by atoms with van der Waals surface area (Å²) in [6.45, 7) is 0. The molecule has 0 saturated carbocycles. The van der Waals surface area contributed by atoms with Gasteiger partial charge in [-0.3, -0.25) is 14.9 Å². The molecule has 0 N–H and O–H groups in total. The van der Waals surface area contributed by atoms with Gasteiger partial charge < -0.3 is 0 Å². The maximum absolute atomic E-state index is 13.8. The third kappa shape index (κ3) is 2.74.